The summed E-state index contributed by atoms with van der Waals surface area (Å²) < 4.78 is 40.8. The van der Waals surface area contributed by atoms with Gasteiger partial charge in [-0.25, -0.2) is 0 Å². The summed E-state index contributed by atoms with van der Waals surface area (Å²) in [4.78, 5) is 0. The van der Waals surface area contributed by atoms with Gasteiger partial charge in [-0.1, -0.05) is 13.0 Å². The van der Waals surface area contributed by atoms with Crippen LogP contribution in [0.1, 0.15) is 13.3 Å². The van der Waals surface area contributed by atoms with Crippen molar-refractivity contribution in [2.45, 2.75) is 31.1 Å². The minimum atomic E-state index is -4.05. The smallest absolute Gasteiger partial charge is 0.388 e. The zero-order valence-electron chi connectivity index (χ0n) is 7.90. The number of alkyl halides is 3. The third-order valence-electron chi connectivity index (χ3n) is 1.97. The van der Waals surface area contributed by atoms with Crippen LogP contribution in [0.25, 0.3) is 0 Å². The van der Waals surface area contributed by atoms with Crippen LogP contribution < -0.4 is 0 Å². The molecule has 0 aromatic carbocycles. The molecule has 0 rings (SSSR count). The number of hydrogen-bond acceptors (Lipinski definition) is 1. The third kappa shape index (κ3) is 6.06. The quantitative estimate of drug-likeness (QED) is 0.512. The molecule has 0 saturated heterocycles. The van der Waals surface area contributed by atoms with Crippen molar-refractivity contribution in [2.24, 2.45) is 0 Å². The molecule has 13 heavy (non-hydrogen) atoms. The van der Waals surface area contributed by atoms with Crippen LogP contribution in [0.15, 0.2) is 12.7 Å². The maximum Gasteiger partial charge on any atom is 0.388 e. The molecule has 0 aliphatic rings. The molecule has 2 unspecified atom stereocenters. The van der Waals surface area contributed by atoms with Crippen molar-refractivity contribution in [2.75, 3.05) is 0 Å². The summed E-state index contributed by atoms with van der Waals surface area (Å²) in [6.07, 6.45) is -3.08. The molecule has 0 spiro atoms. The first-order valence-electron chi connectivity index (χ1n) is 4.12. The molecule has 78 valence electrons. The van der Waals surface area contributed by atoms with Gasteiger partial charge in [-0.15, -0.1) is 6.58 Å². The van der Waals surface area contributed by atoms with E-state index in [1.807, 2.05) is 6.92 Å². The molecule has 0 N–H and O–H groups in total. The van der Waals surface area contributed by atoms with Gasteiger partial charge in [0.1, 0.15) is 10.5 Å². The van der Waals surface area contributed by atoms with Crippen LogP contribution in [0.5, 0.6) is 0 Å². The number of allylic oxidation sites excluding steroid dienone is 1. The van der Waals surface area contributed by atoms with E-state index in [0.29, 0.717) is 10.5 Å². The zero-order valence-corrected chi connectivity index (χ0v) is 11.1. The van der Waals surface area contributed by atoms with Crippen molar-refractivity contribution in [3.63, 3.8) is 0 Å². The predicted octanol–water partition coefficient (Wildman–Crippen LogP) is 1.54. The topological polar surface area (TPSA) is 9.23 Å². The highest BCUT2D eigenvalue weighted by molar-refractivity contribution is 6.57. The van der Waals surface area contributed by atoms with E-state index >= 15 is 0 Å². The Balaban J connectivity index is 3.92. The highest BCUT2D eigenvalue weighted by atomic mass is 28.3. The number of halogens is 3. The summed E-state index contributed by atoms with van der Waals surface area (Å²) in [6.45, 7) is 5.44. The van der Waals surface area contributed by atoms with Crippen LogP contribution in [-0.4, -0.2) is 25.7 Å². The van der Waals surface area contributed by atoms with Gasteiger partial charge in [0.15, 0.2) is 9.04 Å². The van der Waals surface area contributed by atoms with E-state index in [9.17, 15) is 13.2 Å². The maximum absolute atomic E-state index is 11.9. The Hall–Kier alpha value is -0.0762. The summed E-state index contributed by atoms with van der Waals surface area (Å²) in [6, 6.07) is 0.167. The third-order valence-corrected chi connectivity index (χ3v) is 6.70. The van der Waals surface area contributed by atoms with Gasteiger partial charge in [0.05, 0.1) is 0 Å². The first-order chi connectivity index (χ1) is 5.90. The molecule has 0 aromatic rings. The Morgan fingerprint density at radius 3 is 2.46 bits per heavy atom. The average Bonchev–Trinajstić information content (AvgIpc) is 2.03. The Morgan fingerprint density at radius 2 is 2.15 bits per heavy atom. The molecule has 0 radical (unpaired) electrons. The van der Waals surface area contributed by atoms with Gasteiger partial charge in [0.2, 0.25) is 0 Å². The minimum Gasteiger partial charge on any atom is -0.465 e. The summed E-state index contributed by atoms with van der Waals surface area (Å²) in [7, 11) is -1.16. The van der Waals surface area contributed by atoms with Crippen molar-refractivity contribution in [3.05, 3.63) is 12.7 Å². The molecule has 0 saturated carbocycles. The van der Waals surface area contributed by atoms with Crippen LogP contribution in [0.3, 0.4) is 0 Å². The average molecular weight is 228 g/mol. The molecule has 0 fully saturated rings. The van der Waals surface area contributed by atoms with E-state index in [4.69, 9.17) is 4.12 Å². The second kappa shape index (κ2) is 5.61. The first-order valence-corrected chi connectivity index (χ1v) is 6.90. The Labute approximate surface area is 81.2 Å². The van der Waals surface area contributed by atoms with Crippen LogP contribution in [0.4, 0.5) is 13.2 Å². The number of rotatable bonds is 5. The predicted molar refractivity (Wildman–Crippen MR) is 53.3 cm³/mol. The SMILES string of the molecule is C=CC(C)[SiH](CCC(F)(F)F)O[SiH3]. The Morgan fingerprint density at radius 1 is 1.62 bits per heavy atom. The standard InChI is InChI=1S/C7H15F3OSi2/c1-3-6(2)13(11-12)5-4-7(8,9)10/h3,6,13H,1,4-5H2,2,12H3. The molecule has 0 heterocycles. The second-order valence-corrected chi connectivity index (χ2v) is 7.61. The van der Waals surface area contributed by atoms with Crippen molar-refractivity contribution in [1.82, 2.24) is 0 Å². The van der Waals surface area contributed by atoms with Crippen LogP contribution in [0.2, 0.25) is 11.6 Å². The van der Waals surface area contributed by atoms with Crippen LogP contribution >= 0.6 is 0 Å². The summed E-state index contributed by atoms with van der Waals surface area (Å²) in [5, 5.41) is 0. The second-order valence-electron chi connectivity index (χ2n) is 3.02. The van der Waals surface area contributed by atoms with E-state index < -0.39 is 21.6 Å². The Bertz CT molecular complexity index is 160. The van der Waals surface area contributed by atoms with Crippen molar-refractivity contribution in [1.29, 1.82) is 0 Å². The van der Waals surface area contributed by atoms with Gasteiger partial charge < -0.3 is 4.12 Å². The monoisotopic (exact) mass is 228 g/mol. The summed E-state index contributed by atoms with van der Waals surface area (Å²) >= 11 is 0. The Kier molecular flexibility index (Phi) is 5.58. The summed E-state index contributed by atoms with van der Waals surface area (Å²) in [5.74, 6) is 0. The van der Waals surface area contributed by atoms with Gasteiger partial charge in [0, 0.05) is 6.42 Å². The fourth-order valence-corrected chi connectivity index (χ4v) is 5.15. The minimum absolute atomic E-state index is 0.125. The van der Waals surface area contributed by atoms with Gasteiger partial charge in [-0.3, -0.25) is 0 Å². The molecule has 2 atom stereocenters. The van der Waals surface area contributed by atoms with E-state index in [1.165, 1.54) is 0 Å². The van der Waals surface area contributed by atoms with Crippen molar-refractivity contribution >= 4 is 19.5 Å². The molecule has 1 nitrogen and oxygen atoms in total. The lowest BCUT2D eigenvalue weighted by molar-refractivity contribution is -0.130. The highest BCUT2D eigenvalue weighted by Gasteiger charge is 2.29. The number of hydrogen-bond donors (Lipinski definition) is 0. The normalized spacial score (nSPS) is 16.9. The lowest BCUT2D eigenvalue weighted by Gasteiger charge is -2.18. The van der Waals surface area contributed by atoms with Crippen LogP contribution in [0, 0.1) is 0 Å². The molecule has 0 bridgehead atoms. The molecule has 0 aliphatic carbocycles. The molecule has 6 heteroatoms. The van der Waals surface area contributed by atoms with E-state index in [-0.39, 0.29) is 11.6 Å². The van der Waals surface area contributed by atoms with E-state index in [0.717, 1.165) is 0 Å². The lowest BCUT2D eigenvalue weighted by atomic mass is 10.5. The molecular formula is C7H15F3OSi2. The zero-order chi connectivity index (χ0) is 10.5. The van der Waals surface area contributed by atoms with Gasteiger partial charge in [0.25, 0.3) is 0 Å². The first kappa shape index (κ1) is 12.9. The highest BCUT2D eigenvalue weighted by Crippen LogP contribution is 2.26. The van der Waals surface area contributed by atoms with Crippen LogP contribution in [-0.2, 0) is 4.12 Å². The van der Waals surface area contributed by atoms with Gasteiger partial charge in [-0.05, 0) is 11.6 Å². The molecule has 0 aromatic heterocycles. The van der Waals surface area contributed by atoms with Crippen molar-refractivity contribution < 1.29 is 17.3 Å². The largest absolute Gasteiger partial charge is 0.465 e. The molecular weight excluding hydrogens is 213 g/mol. The molecule has 0 amide bonds. The fraction of sp³-hybridized carbons (Fsp3) is 0.714. The maximum atomic E-state index is 11.9. The summed E-state index contributed by atoms with van der Waals surface area (Å²) in [5.41, 5.74) is 0.125. The van der Waals surface area contributed by atoms with E-state index in [2.05, 4.69) is 6.58 Å². The fourth-order valence-electron chi connectivity index (χ4n) is 1.05. The lowest BCUT2D eigenvalue weighted by Crippen LogP contribution is -2.23. The van der Waals surface area contributed by atoms with Gasteiger partial charge >= 0.3 is 6.18 Å². The van der Waals surface area contributed by atoms with Gasteiger partial charge in [-0.2, -0.15) is 13.2 Å². The van der Waals surface area contributed by atoms with Crippen molar-refractivity contribution in [3.8, 4) is 0 Å². The molecule has 0 aliphatic heterocycles. The van der Waals surface area contributed by atoms with E-state index in [1.54, 1.807) is 6.08 Å².